The van der Waals surface area contributed by atoms with E-state index in [1.54, 1.807) is 11.6 Å². The quantitative estimate of drug-likeness (QED) is 0.557. The van der Waals surface area contributed by atoms with E-state index in [0.29, 0.717) is 11.3 Å². The zero-order valence-electron chi connectivity index (χ0n) is 14.3. The van der Waals surface area contributed by atoms with Crippen molar-refractivity contribution in [3.05, 3.63) is 58.3 Å². The van der Waals surface area contributed by atoms with Crippen molar-refractivity contribution in [2.24, 2.45) is 0 Å². The minimum Gasteiger partial charge on any atom is -0.459 e. The third-order valence-corrected chi connectivity index (χ3v) is 4.24. The molecule has 0 aliphatic heterocycles. The molecule has 0 aliphatic rings. The van der Waals surface area contributed by atoms with Crippen LogP contribution in [-0.4, -0.2) is 20.0 Å². The Kier molecular flexibility index (Phi) is 5.35. The monoisotopic (exact) mass is 358 g/mol. The van der Waals surface area contributed by atoms with Crippen LogP contribution in [-0.2, 0) is 13.0 Å². The van der Waals surface area contributed by atoms with Crippen molar-refractivity contribution in [2.45, 2.75) is 39.3 Å². The second kappa shape index (κ2) is 7.67. The highest BCUT2D eigenvalue weighted by molar-refractivity contribution is 7.71. The number of hydrogen-bond acceptors (Lipinski definition) is 5. The fourth-order valence-corrected chi connectivity index (χ4v) is 2.81. The van der Waals surface area contributed by atoms with E-state index in [-0.39, 0.29) is 0 Å². The van der Waals surface area contributed by atoms with E-state index >= 15 is 0 Å². The van der Waals surface area contributed by atoms with E-state index in [1.165, 1.54) is 0 Å². The Balaban J connectivity index is 1.70. The van der Waals surface area contributed by atoms with Crippen LogP contribution in [0.5, 0.6) is 0 Å². The van der Waals surface area contributed by atoms with E-state index in [2.05, 4.69) is 22.5 Å². The van der Waals surface area contributed by atoms with Crippen molar-refractivity contribution in [3.63, 3.8) is 0 Å². The van der Waals surface area contributed by atoms with Crippen molar-refractivity contribution in [1.29, 1.82) is 0 Å². The predicted molar refractivity (Wildman–Crippen MR) is 99.2 cm³/mol. The van der Waals surface area contributed by atoms with Gasteiger partial charge in [0, 0.05) is 12.0 Å². The highest BCUT2D eigenvalue weighted by Crippen LogP contribution is 2.24. The third kappa shape index (κ3) is 4.00. The second-order valence-electron chi connectivity index (χ2n) is 5.93. The molecule has 0 aliphatic carbocycles. The first kappa shape index (κ1) is 17.4. The fourth-order valence-electron chi connectivity index (χ4n) is 2.59. The summed E-state index contributed by atoms with van der Waals surface area (Å²) in [4.78, 5) is 0. The molecule has 0 unspecified atom stereocenters. The molecule has 1 atom stereocenters. The minimum absolute atomic E-state index is 0.470. The van der Waals surface area contributed by atoms with Crippen molar-refractivity contribution in [1.82, 2.24) is 14.9 Å². The van der Waals surface area contributed by atoms with Gasteiger partial charge in [-0.3, -0.25) is 5.10 Å². The summed E-state index contributed by atoms with van der Waals surface area (Å²) in [5.41, 5.74) is 5.10. The maximum absolute atomic E-state index is 9.58. The first-order chi connectivity index (χ1) is 12.1. The van der Waals surface area contributed by atoms with Gasteiger partial charge in [-0.15, -0.1) is 0 Å². The Morgan fingerprint density at radius 2 is 2.04 bits per heavy atom. The summed E-state index contributed by atoms with van der Waals surface area (Å²) in [5.74, 6) is 2.48. The minimum atomic E-state index is -0.470. The topological polar surface area (TPSA) is 79.0 Å². The number of aromatic amines is 1. The zero-order chi connectivity index (χ0) is 17.8. The molecule has 0 saturated carbocycles. The molecule has 0 radical (unpaired) electrons. The van der Waals surface area contributed by atoms with Gasteiger partial charge in [0.25, 0.3) is 0 Å². The maximum atomic E-state index is 9.58. The highest BCUT2D eigenvalue weighted by atomic mass is 32.1. The van der Waals surface area contributed by atoms with Gasteiger partial charge < -0.3 is 14.9 Å². The lowest BCUT2D eigenvalue weighted by atomic mass is 10.1. The molecule has 0 spiro atoms. The number of aromatic nitrogens is 3. The van der Waals surface area contributed by atoms with Crippen LogP contribution in [0.15, 0.2) is 40.8 Å². The molecule has 0 fully saturated rings. The van der Waals surface area contributed by atoms with Gasteiger partial charge in [0.15, 0.2) is 5.82 Å². The fraction of sp³-hybridized carbons (Fsp3) is 0.333. The lowest BCUT2D eigenvalue weighted by Crippen LogP contribution is -2.17. The summed E-state index contributed by atoms with van der Waals surface area (Å²) in [7, 11) is 0. The van der Waals surface area contributed by atoms with Crippen LogP contribution in [0.25, 0.3) is 11.3 Å². The molecule has 0 bridgehead atoms. The van der Waals surface area contributed by atoms with Crippen molar-refractivity contribution in [2.75, 3.05) is 5.43 Å². The number of H-pyrrole nitrogens is 1. The van der Waals surface area contributed by atoms with Crippen LogP contribution < -0.4 is 5.43 Å². The molecule has 132 valence electrons. The normalized spacial score (nSPS) is 12.3. The van der Waals surface area contributed by atoms with Crippen molar-refractivity contribution in [3.8, 4) is 11.3 Å². The zero-order valence-corrected chi connectivity index (χ0v) is 15.1. The Labute approximate surface area is 151 Å². The standard InChI is InChI=1S/C18H22N4O2S/c1-3-4-17-20-21-18(25)22(17)19-11-15-9-10-16(24-15)14-7-5-13(6-8-14)12(2)23/h5-10,12,19,23H,3-4,11H2,1-2H3,(H,21,25)/t12-/m0/s1. The lowest BCUT2D eigenvalue weighted by molar-refractivity contribution is 0.199. The summed E-state index contributed by atoms with van der Waals surface area (Å²) in [6.07, 6.45) is 1.37. The van der Waals surface area contributed by atoms with Gasteiger partial charge in [0.2, 0.25) is 4.77 Å². The number of aliphatic hydroxyl groups is 1. The largest absolute Gasteiger partial charge is 0.459 e. The molecule has 7 heteroatoms. The number of furan rings is 1. The molecule has 0 saturated heterocycles. The van der Waals surface area contributed by atoms with E-state index in [4.69, 9.17) is 16.6 Å². The van der Waals surface area contributed by atoms with E-state index in [9.17, 15) is 5.11 Å². The molecule has 25 heavy (non-hydrogen) atoms. The molecule has 3 rings (SSSR count). The molecule has 3 aromatic rings. The Morgan fingerprint density at radius 3 is 2.72 bits per heavy atom. The summed E-state index contributed by atoms with van der Waals surface area (Å²) < 4.78 is 8.24. The summed E-state index contributed by atoms with van der Waals surface area (Å²) in [5, 5.41) is 16.6. The van der Waals surface area contributed by atoms with E-state index in [0.717, 1.165) is 41.3 Å². The van der Waals surface area contributed by atoms with Gasteiger partial charge in [-0.2, -0.15) is 5.10 Å². The SMILES string of the molecule is CCCc1n[nH]c(=S)n1NCc1ccc(-c2ccc([C@H](C)O)cc2)o1. The first-order valence-electron chi connectivity index (χ1n) is 8.35. The van der Waals surface area contributed by atoms with Crippen LogP contribution in [0.4, 0.5) is 0 Å². The average Bonchev–Trinajstić information content (AvgIpc) is 3.21. The number of rotatable bonds is 7. The second-order valence-corrected chi connectivity index (χ2v) is 6.32. The number of nitrogens with one attached hydrogen (secondary N) is 2. The summed E-state index contributed by atoms with van der Waals surface area (Å²) in [6.45, 7) is 4.36. The number of aliphatic hydroxyl groups excluding tert-OH is 1. The molecular weight excluding hydrogens is 336 g/mol. The van der Waals surface area contributed by atoms with Gasteiger partial charge in [-0.1, -0.05) is 31.2 Å². The van der Waals surface area contributed by atoms with E-state index in [1.807, 2.05) is 36.4 Å². The smallest absolute Gasteiger partial charge is 0.214 e. The van der Waals surface area contributed by atoms with Crippen LogP contribution in [0.3, 0.4) is 0 Å². The molecule has 1 aromatic carbocycles. The Bertz CT molecular complexity index is 877. The Morgan fingerprint density at radius 1 is 1.28 bits per heavy atom. The van der Waals surface area contributed by atoms with Crippen molar-refractivity contribution >= 4 is 12.2 Å². The molecule has 0 amide bonds. The van der Waals surface area contributed by atoms with Crippen LogP contribution in [0.2, 0.25) is 0 Å². The highest BCUT2D eigenvalue weighted by Gasteiger charge is 2.08. The van der Waals surface area contributed by atoms with E-state index < -0.39 is 6.10 Å². The average molecular weight is 358 g/mol. The Hall–Kier alpha value is -2.38. The van der Waals surface area contributed by atoms with Crippen LogP contribution in [0.1, 0.15) is 43.5 Å². The maximum Gasteiger partial charge on any atom is 0.214 e. The summed E-state index contributed by atoms with van der Waals surface area (Å²) >= 11 is 5.25. The first-order valence-corrected chi connectivity index (χ1v) is 8.76. The van der Waals surface area contributed by atoms with Crippen LogP contribution in [0, 0.1) is 4.77 Å². The molecule has 2 heterocycles. The molecule has 6 nitrogen and oxygen atoms in total. The predicted octanol–water partition coefficient (Wildman–Crippen LogP) is 3.95. The number of aryl methyl sites for hydroxylation is 1. The number of nitrogens with zero attached hydrogens (tertiary/aromatic N) is 2. The summed E-state index contributed by atoms with van der Waals surface area (Å²) in [6, 6.07) is 11.6. The third-order valence-electron chi connectivity index (χ3n) is 3.97. The molecular formula is C18H22N4O2S. The lowest BCUT2D eigenvalue weighted by Gasteiger charge is -2.08. The molecule has 3 N–H and O–H groups in total. The van der Waals surface area contributed by atoms with Gasteiger partial charge in [0.05, 0.1) is 12.6 Å². The van der Waals surface area contributed by atoms with Gasteiger partial charge >= 0.3 is 0 Å². The number of hydrogen-bond donors (Lipinski definition) is 3. The van der Waals surface area contributed by atoms with Gasteiger partial charge in [-0.25, -0.2) is 4.68 Å². The van der Waals surface area contributed by atoms with Crippen molar-refractivity contribution < 1.29 is 9.52 Å². The van der Waals surface area contributed by atoms with Crippen LogP contribution >= 0.6 is 12.2 Å². The number of benzene rings is 1. The van der Waals surface area contributed by atoms with Gasteiger partial charge in [0.1, 0.15) is 11.5 Å². The molecule has 2 aromatic heterocycles. The van der Waals surface area contributed by atoms with Gasteiger partial charge in [-0.05, 0) is 43.3 Å².